The van der Waals surface area contributed by atoms with Crippen LogP contribution in [0.2, 0.25) is 0 Å². The van der Waals surface area contributed by atoms with Gasteiger partial charge in [-0.2, -0.15) is 0 Å². The van der Waals surface area contributed by atoms with Gasteiger partial charge in [0, 0.05) is 0 Å². The second-order valence-corrected chi connectivity index (χ2v) is 6.96. The van der Waals surface area contributed by atoms with Crippen LogP contribution in [0.1, 0.15) is 63.8 Å². The van der Waals surface area contributed by atoms with Crippen molar-refractivity contribution in [3.05, 3.63) is 70.3 Å². The van der Waals surface area contributed by atoms with Crippen LogP contribution in [0, 0.1) is 0 Å². The summed E-state index contributed by atoms with van der Waals surface area (Å²) in [5.74, 6) is -0.969. The zero-order valence-corrected chi connectivity index (χ0v) is 14.0. The van der Waals surface area contributed by atoms with Gasteiger partial charge in [0.25, 0.3) is 0 Å². The minimum absolute atomic E-state index is 0.0609. The van der Waals surface area contributed by atoms with E-state index < -0.39 is 5.97 Å². The van der Waals surface area contributed by atoms with Crippen molar-refractivity contribution < 1.29 is 14.7 Å². The number of aromatic carboxylic acids is 1. The first kappa shape index (κ1) is 15.9. The number of amides is 1. The van der Waals surface area contributed by atoms with Crippen LogP contribution < -0.4 is 5.32 Å². The molecule has 2 aliphatic carbocycles. The zero-order valence-electron chi connectivity index (χ0n) is 14.0. The third-order valence-corrected chi connectivity index (χ3v) is 5.47. The molecular formula is C21H21NO3. The Bertz CT molecular complexity index is 843. The maximum atomic E-state index is 12.9. The molecule has 0 radical (unpaired) electrons. The largest absolute Gasteiger partial charge is 0.478 e. The van der Waals surface area contributed by atoms with Crippen molar-refractivity contribution in [3.63, 3.8) is 0 Å². The predicted molar refractivity (Wildman–Crippen MR) is 94.7 cm³/mol. The first-order chi connectivity index (χ1) is 12.1. The average Bonchev–Trinajstić information content (AvgIpc) is 3.03. The molecule has 0 bridgehead atoms. The lowest BCUT2D eigenvalue weighted by molar-refractivity contribution is -0.123. The molecule has 2 aromatic rings. The standard InChI is InChI=1S/C21H21NO3/c23-20(17-7-3-5-13-4-1-2-6-16(13)17)22-19-11-10-14-8-9-15(21(24)25)12-18(14)19/h1-2,4,6,8-9,12,17,19H,3,5,7,10-11H2,(H,22,23)(H,24,25)/t17-,19-/m1/s1. The van der Waals surface area contributed by atoms with E-state index in [4.69, 9.17) is 0 Å². The van der Waals surface area contributed by atoms with Crippen LogP contribution >= 0.6 is 0 Å². The lowest BCUT2D eigenvalue weighted by Gasteiger charge is -2.26. The lowest BCUT2D eigenvalue weighted by Crippen LogP contribution is -2.33. The van der Waals surface area contributed by atoms with Crippen molar-refractivity contribution in [1.82, 2.24) is 5.32 Å². The number of carbonyl (C=O) groups excluding carboxylic acids is 1. The molecule has 0 unspecified atom stereocenters. The van der Waals surface area contributed by atoms with Gasteiger partial charge in [-0.15, -0.1) is 0 Å². The SMILES string of the molecule is O=C(O)c1ccc2c(c1)[C@H](NC(=O)[C@@H]1CCCc3ccccc31)CC2. The summed E-state index contributed by atoms with van der Waals surface area (Å²) in [7, 11) is 0. The number of carboxylic acids is 1. The summed E-state index contributed by atoms with van der Waals surface area (Å²) >= 11 is 0. The van der Waals surface area contributed by atoms with Crippen molar-refractivity contribution in [1.29, 1.82) is 0 Å². The van der Waals surface area contributed by atoms with Crippen LogP contribution in [0.15, 0.2) is 42.5 Å². The number of nitrogens with one attached hydrogen (secondary N) is 1. The average molecular weight is 335 g/mol. The Hall–Kier alpha value is -2.62. The quantitative estimate of drug-likeness (QED) is 0.900. The van der Waals surface area contributed by atoms with Crippen LogP contribution in [0.5, 0.6) is 0 Å². The third-order valence-electron chi connectivity index (χ3n) is 5.47. The van der Waals surface area contributed by atoms with Gasteiger partial charge in [0.15, 0.2) is 0 Å². The first-order valence-electron chi connectivity index (χ1n) is 8.88. The van der Waals surface area contributed by atoms with Crippen LogP contribution in [0.25, 0.3) is 0 Å². The fourth-order valence-corrected chi connectivity index (χ4v) is 4.18. The summed E-state index contributed by atoms with van der Waals surface area (Å²) in [5, 5.41) is 12.4. The molecule has 4 rings (SSSR count). The molecule has 0 spiro atoms. The van der Waals surface area contributed by atoms with Gasteiger partial charge in [-0.25, -0.2) is 4.79 Å². The number of carboxylic acid groups (broad SMARTS) is 1. The summed E-state index contributed by atoms with van der Waals surface area (Å²) in [5.41, 5.74) is 4.79. The number of hydrogen-bond acceptors (Lipinski definition) is 2. The van der Waals surface area contributed by atoms with Gasteiger partial charge in [-0.1, -0.05) is 30.3 Å². The number of carbonyl (C=O) groups is 2. The highest BCUT2D eigenvalue weighted by Gasteiger charge is 2.30. The van der Waals surface area contributed by atoms with Crippen LogP contribution in [-0.4, -0.2) is 17.0 Å². The Morgan fingerprint density at radius 3 is 2.60 bits per heavy atom. The van der Waals surface area contributed by atoms with Gasteiger partial charge in [0.1, 0.15) is 0 Å². The predicted octanol–water partition coefficient (Wildman–Crippen LogP) is 3.61. The van der Waals surface area contributed by atoms with Gasteiger partial charge < -0.3 is 10.4 Å². The Balaban J connectivity index is 1.56. The van der Waals surface area contributed by atoms with E-state index in [0.29, 0.717) is 0 Å². The molecular weight excluding hydrogens is 314 g/mol. The molecule has 0 saturated carbocycles. The van der Waals surface area contributed by atoms with Gasteiger partial charge in [0.2, 0.25) is 5.91 Å². The number of aryl methyl sites for hydroxylation is 2. The van der Waals surface area contributed by atoms with Crippen LogP contribution in [-0.2, 0) is 17.6 Å². The molecule has 4 nitrogen and oxygen atoms in total. The van der Waals surface area contributed by atoms with Crippen molar-refractivity contribution in [3.8, 4) is 0 Å². The van der Waals surface area contributed by atoms with Crippen molar-refractivity contribution in [2.45, 2.75) is 44.1 Å². The van der Waals surface area contributed by atoms with Crippen molar-refractivity contribution >= 4 is 11.9 Å². The highest BCUT2D eigenvalue weighted by Crippen LogP contribution is 2.35. The second kappa shape index (κ2) is 6.36. The number of hydrogen-bond donors (Lipinski definition) is 2. The van der Waals surface area contributed by atoms with E-state index >= 15 is 0 Å². The summed E-state index contributed by atoms with van der Waals surface area (Å²) in [6, 6.07) is 13.3. The molecule has 2 aliphatic rings. The van der Waals surface area contributed by atoms with E-state index in [2.05, 4.69) is 17.4 Å². The molecule has 25 heavy (non-hydrogen) atoms. The van der Waals surface area contributed by atoms with E-state index in [9.17, 15) is 14.7 Å². The second-order valence-electron chi connectivity index (χ2n) is 6.96. The number of rotatable bonds is 3. The monoisotopic (exact) mass is 335 g/mol. The molecule has 0 aliphatic heterocycles. The molecule has 1 amide bonds. The van der Waals surface area contributed by atoms with E-state index in [1.54, 1.807) is 12.1 Å². The summed E-state index contributed by atoms with van der Waals surface area (Å²) in [6.45, 7) is 0. The van der Waals surface area contributed by atoms with Crippen molar-refractivity contribution in [2.75, 3.05) is 0 Å². The molecule has 0 saturated heterocycles. The fourth-order valence-electron chi connectivity index (χ4n) is 4.18. The van der Waals surface area contributed by atoms with Gasteiger partial charge >= 0.3 is 5.97 Å². The molecule has 128 valence electrons. The fraction of sp³-hybridized carbons (Fsp3) is 0.333. The highest BCUT2D eigenvalue weighted by molar-refractivity contribution is 5.88. The van der Waals surface area contributed by atoms with Gasteiger partial charge in [-0.05, 0) is 66.5 Å². The van der Waals surface area contributed by atoms with E-state index in [1.165, 1.54) is 5.56 Å². The van der Waals surface area contributed by atoms with Gasteiger partial charge in [0.05, 0.1) is 17.5 Å². The molecule has 4 heteroatoms. The van der Waals surface area contributed by atoms with E-state index in [0.717, 1.165) is 48.8 Å². The molecule has 2 atom stereocenters. The van der Waals surface area contributed by atoms with Crippen LogP contribution in [0.4, 0.5) is 0 Å². The minimum Gasteiger partial charge on any atom is -0.478 e. The van der Waals surface area contributed by atoms with Crippen molar-refractivity contribution in [2.24, 2.45) is 0 Å². The Labute approximate surface area is 146 Å². The summed E-state index contributed by atoms with van der Waals surface area (Å²) in [6.07, 6.45) is 4.64. The maximum absolute atomic E-state index is 12.9. The molecule has 0 fully saturated rings. The molecule has 2 N–H and O–H groups in total. The Morgan fingerprint density at radius 1 is 0.960 bits per heavy atom. The van der Waals surface area contributed by atoms with E-state index in [-0.39, 0.29) is 23.4 Å². The summed E-state index contributed by atoms with van der Waals surface area (Å²) in [4.78, 5) is 24.1. The smallest absolute Gasteiger partial charge is 0.335 e. The normalized spacial score (nSPS) is 21.3. The highest BCUT2D eigenvalue weighted by atomic mass is 16.4. The molecule has 2 aromatic carbocycles. The molecule has 0 heterocycles. The Morgan fingerprint density at radius 2 is 1.76 bits per heavy atom. The van der Waals surface area contributed by atoms with Gasteiger partial charge in [-0.3, -0.25) is 4.79 Å². The summed E-state index contributed by atoms with van der Waals surface area (Å²) < 4.78 is 0. The Kier molecular flexibility index (Phi) is 4.04. The topological polar surface area (TPSA) is 66.4 Å². The first-order valence-corrected chi connectivity index (χ1v) is 8.88. The number of fused-ring (bicyclic) bond motifs is 2. The van der Waals surface area contributed by atoms with E-state index in [1.807, 2.05) is 18.2 Å². The van der Waals surface area contributed by atoms with Crippen LogP contribution in [0.3, 0.4) is 0 Å². The number of benzene rings is 2. The minimum atomic E-state index is -0.930. The third kappa shape index (κ3) is 2.93. The zero-order chi connectivity index (χ0) is 17.4. The lowest BCUT2D eigenvalue weighted by atomic mass is 9.82. The maximum Gasteiger partial charge on any atom is 0.335 e. The molecule has 0 aromatic heterocycles.